The van der Waals surface area contributed by atoms with Crippen LogP contribution in [0.15, 0.2) is 36.5 Å². The second kappa shape index (κ2) is 6.29. The predicted molar refractivity (Wildman–Crippen MR) is 72.5 cm³/mol. The van der Waals surface area contributed by atoms with E-state index in [2.05, 4.69) is 10.3 Å². The number of rotatable bonds is 5. The maximum atomic E-state index is 13.7. The molecule has 0 aliphatic carbocycles. The van der Waals surface area contributed by atoms with Gasteiger partial charge < -0.3 is 10.1 Å². The highest BCUT2D eigenvalue weighted by molar-refractivity contribution is 5.28. The Hall–Kier alpha value is -1.94. The van der Waals surface area contributed by atoms with Gasteiger partial charge in [0.15, 0.2) is 0 Å². The molecule has 0 fully saturated rings. The van der Waals surface area contributed by atoms with Gasteiger partial charge >= 0.3 is 0 Å². The number of pyridine rings is 1. The van der Waals surface area contributed by atoms with Crippen molar-refractivity contribution in [2.24, 2.45) is 0 Å². The van der Waals surface area contributed by atoms with Gasteiger partial charge in [-0.3, -0.25) is 4.98 Å². The van der Waals surface area contributed by atoms with Crippen molar-refractivity contribution in [2.45, 2.75) is 20.0 Å². The summed E-state index contributed by atoms with van der Waals surface area (Å²) in [5.74, 6) is 0.276. The zero-order valence-corrected chi connectivity index (χ0v) is 11.1. The van der Waals surface area contributed by atoms with Crippen molar-refractivity contribution < 1.29 is 9.13 Å². The highest BCUT2D eigenvalue weighted by Gasteiger charge is 2.03. The van der Waals surface area contributed by atoms with Crippen LogP contribution in [0, 0.1) is 12.7 Å². The van der Waals surface area contributed by atoms with Crippen molar-refractivity contribution in [3.63, 3.8) is 0 Å². The molecule has 1 aromatic carbocycles. The van der Waals surface area contributed by atoms with Crippen LogP contribution in [-0.4, -0.2) is 12.1 Å². The van der Waals surface area contributed by atoms with Crippen LogP contribution in [0.5, 0.6) is 5.75 Å². The molecule has 0 radical (unpaired) electrons. The number of hydrogen-bond donors (Lipinski definition) is 1. The van der Waals surface area contributed by atoms with Crippen LogP contribution in [0.25, 0.3) is 0 Å². The molecule has 1 aromatic heterocycles. The zero-order valence-electron chi connectivity index (χ0n) is 11.1. The lowest BCUT2D eigenvalue weighted by atomic mass is 10.2. The first-order chi connectivity index (χ1) is 9.19. The van der Waals surface area contributed by atoms with E-state index in [0.717, 1.165) is 11.3 Å². The van der Waals surface area contributed by atoms with Gasteiger partial charge in [-0.05, 0) is 24.6 Å². The first kappa shape index (κ1) is 13.5. The van der Waals surface area contributed by atoms with Crippen LogP contribution in [0.4, 0.5) is 4.39 Å². The number of nitrogens with zero attached hydrogens (tertiary/aromatic N) is 1. The molecule has 4 heteroatoms. The number of hydrogen-bond acceptors (Lipinski definition) is 3. The van der Waals surface area contributed by atoms with Gasteiger partial charge in [0.25, 0.3) is 0 Å². The molecule has 2 aromatic rings. The number of aromatic nitrogens is 1. The normalized spacial score (nSPS) is 10.5. The summed E-state index contributed by atoms with van der Waals surface area (Å²) in [7, 11) is 1.52. The van der Waals surface area contributed by atoms with Crippen LogP contribution in [0.2, 0.25) is 0 Å². The summed E-state index contributed by atoms with van der Waals surface area (Å²) in [5.41, 5.74) is 2.70. The Morgan fingerprint density at radius 2 is 2.05 bits per heavy atom. The molecule has 19 heavy (non-hydrogen) atoms. The monoisotopic (exact) mass is 260 g/mol. The number of ether oxygens (including phenoxy) is 1. The van der Waals surface area contributed by atoms with E-state index >= 15 is 0 Å². The SMILES string of the molecule is COc1ccc(CNCc2ccc(C)nc2)c(F)c1. The van der Waals surface area contributed by atoms with Crippen molar-refractivity contribution >= 4 is 0 Å². The van der Waals surface area contributed by atoms with E-state index in [-0.39, 0.29) is 5.82 Å². The minimum absolute atomic E-state index is 0.256. The summed E-state index contributed by atoms with van der Waals surface area (Å²) in [4.78, 5) is 4.21. The number of methoxy groups -OCH3 is 1. The molecule has 0 spiro atoms. The van der Waals surface area contributed by atoms with Gasteiger partial charge in [-0.15, -0.1) is 0 Å². The molecule has 0 amide bonds. The fraction of sp³-hybridized carbons (Fsp3) is 0.267. The highest BCUT2D eigenvalue weighted by Crippen LogP contribution is 2.16. The van der Waals surface area contributed by atoms with Gasteiger partial charge in [-0.1, -0.05) is 12.1 Å². The number of nitrogens with one attached hydrogen (secondary N) is 1. The lowest BCUT2D eigenvalue weighted by Crippen LogP contribution is -2.14. The van der Waals surface area contributed by atoms with Crippen molar-refractivity contribution in [3.8, 4) is 5.75 Å². The topological polar surface area (TPSA) is 34.1 Å². The smallest absolute Gasteiger partial charge is 0.131 e. The average molecular weight is 260 g/mol. The maximum absolute atomic E-state index is 13.7. The van der Waals surface area contributed by atoms with E-state index in [9.17, 15) is 4.39 Å². The number of halogens is 1. The summed E-state index contributed by atoms with van der Waals surface area (Å²) in [5, 5.41) is 3.19. The van der Waals surface area contributed by atoms with Gasteiger partial charge in [0.2, 0.25) is 0 Å². The van der Waals surface area contributed by atoms with Crippen molar-refractivity contribution in [1.29, 1.82) is 0 Å². The van der Waals surface area contributed by atoms with Gasteiger partial charge in [0, 0.05) is 36.6 Å². The fourth-order valence-electron chi connectivity index (χ4n) is 1.74. The van der Waals surface area contributed by atoms with Crippen LogP contribution >= 0.6 is 0 Å². The third-order valence-corrected chi connectivity index (χ3v) is 2.88. The molecule has 3 nitrogen and oxygen atoms in total. The molecule has 2 rings (SSSR count). The molecular weight excluding hydrogens is 243 g/mol. The number of benzene rings is 1. The lowest BCUT2D eigenvalue weighted by molar-refractivity contribution is 0.410. The summed E-state index contributed by atoms with van der Waals surface area (Å²) >= 11 is 0. The van der Waals surface area contributed by atoms with E-state index in [1.54, 1.807) is 12.1 Å². The molecule has 0 aliphatic rings. The summed E-state index contributed by atoms with van der Waals surface area (Å²) in [6, 6.07) is 8.86. The van der Waals surface area contributed by atoms with Crippen LogP contribution in [0.3, 0.4) is 0 Å². The van der Waals surface area contributed by atoms with E-state index in [0.29, 0.717) is 24.4 Å². The van der Waals surface area contributed by atoms with Crippen molar-refractivity contribution in [2.75, 3.05) is 7.11 Å². The van der Waals surface area contributed by atoms with E-state index in [1.807, 2.05) is 25.3 Å². The summed E-state index contributed by atoms with van der Waals surface area (Å²) < 4.78 is 18.6. The third kappa shape index (κ3) is 3.76. The van der Waals surface area contributed by atoms with E-state index in [1.165, 1.54) is 13.2 Å². The second-order valence-corrected chi connectivity index (χ2v) is 4.37. The Balaban J connectivity index is 1.90. The Morgan fingerprint density at radius 1 is 1.21 bits per heavy atom. The molecule has 0 bridgehead atoms. The fourth-order valence-corrected chi connectivity index (χ4v) is 1.74. The quantitative estimate of drug-likeness (QED) is 0.897. The highest BCUT2D eigenvalue weighted by atomic mass is 19.1. The molecule has 0 saturated heterocycles. The predicted octanol–water partition coefficient (Wildman–Crippen LogP) is 2.83. The van der Waals surface area contributed by atoms with Crippen LogP contribution < -0.4 is 10.1 Å². The Kier molecular flexibility index (Phi) is 4.47. The molecule has 1 heterocycles. The van der Waals surface area contributed by atoms with Crippen LogP contribution in [-0.2, 0) is 13.1 Å². The minimum atomic E-state index is -0.256. The first-order valence-electron chi connectivity index (χ1n) is 6.13. The molecule has 1 N–H and O–H groups in total. The largest absolute Gasteiger partial charge is 0.497 e. The Bertz CT molecular complexity index is 540. The maximum Gasteiger partial charge on any atom is 0.131 e. The minimum Gasteiger partial charge on any atom is -0.497 e. The van der Waals surface area contributed by atoms with Gasteiger partial charge in [-0.25, -0.2) is 4.39 Å². The summed E-state index contributed by atoms with van der Waals surface area (Å²) in [6.07, 6.45) is 1.83. The third-order valence-electron chi connectivity index (χ3n) is 2.88. The second-order valence-electron chi connectivity index (χ2n) is 4.37. The first-order valence-corrected chi connectivity index (χ1v) is 6.13. The van der Waals surface area contributed by atoms with Crippen molar-refractivity contribution in [3.05, 3.63) is 59.2 Å². The number of aryl methyl sites for hydroxylation is 1. The average Bonchev–Trinajstić information content (AvgIpc) is 2.42. The van der Waals surface area contributed by atoms with Gasteiger partial charge in [-0.2, -0.15) is 0 Å². The Morgan fingerprint density at radius 3 is 2.68 bits per heavy atom. The molecule has 100 valence electrons. The van der Waals surface area contributed by atoms with Crippen LogP contribution in [0.1, 0.15) is 16.8 Å². The molecule has 0 aliphatic heterocycles. The van der Waals surface area contributed by atoms with Gasteiger partial charge in [0.1, 0.15) is 11.6 Å². The summed E-state index contributed by atoms with van der Waals surface area (Å²) in [6.45, 7) is 3.09. The molecule has 0 saturated carbocycles. The standard InChI is InChI=1S/C15H17FN2O/c1-11-3-4-12(9-18-11)8-17-10-13-5-6-14(19-2)7-15(13)16/h3-7,9,17H,8,10H2,1-2H3. The van der Waals surface area contributed by atoms with E-state index < -0.39 is 0 Å². The van der Waals surface area contributed by atoms with Crippen molar-refractivity contribution in [1.82, 2.24) is 10.3 Å². The zero-order chi connectivity index (χ0) is 13.7. The Labute approximate surface area is 112 Å². The molecule has 0 unspecified atom stereocenters. The lowest BCUT2D eigenvalue weighted by Gasteiger charge is -2.07. The molecule has 0 atom stereocenters. The van der Waals surface area contributed by atoms with E-state index in [4.69, 9.17) is 4.74 Å². The molecular formula is C15H17FN2O. The van der Waals surface area contributed by atoms with Gasteiger partial charge in [0.05, 0.1) is 7.11 Å².